The minimum atomic E-state index is -0.631. The van der Waals surface area contributed by atoms with Gasteiger partial charge < -0.3 is 20.4 Å². The van der Waals surface area contributed by atoms with E-state index >= 15 is 0 Å². The summed E-state index contributed by atoms with van der Waals surface area (Å²) < 4.78 is 0. The molecule has 0 bridgehead atoms. The summed E-state index contributed by atoms with van der Waals surface area (Å²) in [5.41, 5.74) is 0. The summed E-state index contributed by atoms with van der Waals surface area (Å²) in [7, 11) is 2.15. The number of nitrogens with zero attached hydrogens (tertiary/aromatic N) is 1. The van der Waals surface area contributed by atoms with Crippen LogP contribution in [-0.2, 0) is 0 Å². The van der Waals surface area contributed by atoms with Crippen LogP contribution in [0.15, 0.2) is 0 Å². The standard InChI is InChI=1S/C11H24N2O2/c1-9(12-6-11(15)8-14)10-4-3-5-13(2)7-10/h9-12,14-15H,3-8H2,1-2H3. The quantitative estimate of drug-likeness (QED) is 0.588. The fraction of sp³-hybridized carbons (Fsp3) is 1.00. The third-order valence-corrected chi connectivity index (χ3v) is 3.25. The van der Waals surface area contributed by atoms with Crippen LogP contribution in [0, 0.1) is 5.92 Å². The Morgan fingerprint density at radius 2 is 2.27 bits per heavy atom. The van der Waals surface area contributed by atoms with Gasteiger partial charge in [0.1, 0.15) is 0 Å². The van der Waals surface area contributed by atoms with Crippen molar-refractivity contribution in [3.63, 3.8) is 0 Å². The highest BCUT2D eigenvalue weighted by Gasteiger charge is 2.22. The van der Waals surface area contributed by atoms with Crippen LogP contribution in [0.3, 0.4) is 0 Å². The lowest BCUT2D eigenvalue weighted by Crippen LogP contribution is -2.45. The second-order valence-corrected chi connectivity index (χ2v) is 4.70. The summed E-state index contributed by atoms with van der Waals surface area (Å²) in [6.45, 7) is 4.81. The van der Waals surface area contributed by atoms with Crippen molar-refractivity contribution in [1.82, 2.24) is 10.2 Å². The van der Waals surface area contributed by atoms with Gasteiger partial charge in [0.25, 0.3) is 0 Å². The molecule has 4 nitrogen and oxygen atoms in total. The third-order valence-electron chi connectivity index (χ3n) is 3.25. The number of aliphatic hydroxyl groups is 2. The van der Waals surface area contributed by atoms with E-state index in [1.54, 1.807) is 0 Å². The normalized spacial score (nSPS) is 27.6. The van der Waals surface area contributed by atoms with Crippen LogP contribution in [-0.4, -0.2) is 60.5 Å². The molecule has 3 unspecified atom stereocenters. The molecule has 1 heterocycles. The molecule has 3 N–H and O–H groups in total. The number of rotatable bonds is 5. The van der Waals surface area contributed by atoms with Gasteiger partial charge in [0, 0.05) is 19.1 Å². The fourth-order valence-electron chi connectivity index (χ4n) is 2.17. The first-order valence-electron chi connectivity index (χ1n) is 5.84. The molecule has 1 aliphatic rings. The van der Waals surface area contributed by atoms with Crippen LogP contribution in [0.5, 0.6) is 0 Å². The monoisotopic (exact) mass is 216 g/mol. The maximum atomic E-state index is 9.23. The van der Waals surface area contributed by atoms with Crippen molar-refractivity contribution in [1.29, 1.82) is 0 Å². The highest BCUT2D eigenvalue weighted by molar-refractivity contribution is 4.79. The number of likely N-dealkylation sites (tertiary alicyclic amines) is 1. The highest BCUT2D eigenvalue weighted by Crippen LogP contribution is 2.18. The van der Waals surface area contributed by atoms with Gasteiger partial charge in [0.15, 0.2) is 0 Å². The lowest BCUT2D eigenvalue weighted by atomic mass is 9.92. The predicted molar refractivity (Wildman–Crippen MR) is 60.8 cm³/mol. The minimum Gasteiger partial charge on any atom is -0.394 e. The number of nitrogens with one attached hydrogen (secondary N) is 1. The highest BCUT2D eigenvalue weighted by atomic mass is 16.3. The number of hydrogen-bond donors (Lipinski definition) is 3. The largest absolute Gasteiger partial charge is 0.394 e. The molecular weight excluding hydrogens is 192 g/mol. The van der Waals surface area contributed by atoms with Crippen molar-refractivity contribution in [2.45, 2.75) is 31.9 Å². The minimum absolute atomic E-state index is 0.162. The van der Waals surface area contributed by atoms with E-state index in [4.69, 9.17) is 5.11 Å². The second-order valence-electron chi connectivity index (χ2n) is 4.70. The number of piperidine rings is 1. The third kappa shape index (κ3) is 4.47. The molecule has 90 valence electrons. The van der Waals surface area contributed by atoms with Crippen LogP contribution in [0.4, 0.5) is 0 Å². The summed E-state index contributed by atoms with van der Waals surface area (Å²) in [5, 5.41) is 21.2. The molecule has 0 radical (unpaired) electrons. The van der Waals surface area contributed by atoms with Crippen molar-refractivity contribution in [3.8, 4) is 0 Å². The fourth-order valence-corrected chi connectivity index (χ4v) is 2.17. The van der Waals surface area contributed by atoms with E-state index in [0.717, 1.165) is 6.54 Å². The Hall–Kier alpha value is -0.160. The molecule has 1 rings (SSSR count). The van der Waals surface area contributed by atoms with Gasteiger partial charge in [-0.1, -0.05) is 0 Å². The molecule has 0 spiro atoms. The van der Waals surface area contributed by atoms with Crippen molar-refractivity contribution < 1.29 is 10.2 Å². The smallest absolute Gasteiger partial charge is 0.0895 e. The maximum absolute atomic E-state index is 9.23. The molecule has 0 aliphatic carbocycles. The molecule has 4 heteroatoms. The van der Waals surface area contributed by atoms with Gasteiger partial charge in [-0.2, -0.15) is 0 Å². The molecule has 3 atom stereocenters. The first-order chi connectivity index (χ1) is 7.13. The summed E-state index contributed by atoms with van der Waals surface area (Å²) in [6, 6.07) is 0.411. The van der Waals surface area contributed by atoms with E-state index in [1.165, 1.54) is 19.4 Å². The summed E-state index contributed by atoms with van der Waals surface area (Å²) in [5.74, 6) is 0.662. The van der Waals surface area contributed by atoms with Crippen LogP contribution >= 0.6 is 0 Å². The zero-order valence-corrected chi connectivity index (χ0v) is 9.82. The Morgan fingerprint density at radius 3 is 2.87 bits per heavy atom. The Labute approximate surface area is 92.3 Å². The van der Waals surface area contributed by atoms with Gasteiger partial charge in [-0.25, -0.2) is 0 Å². The zero-order chi connectivity index (χ0) is 11.3. The van der Waals surface area contributed by atoms with Gasteiger partial charge in [-0.3, -0.25) is 0 Å². The summed E-state index contributed by atoms with van der Waals surface area (Å²) in [4.78, 5) is 2.36. The Balaban J connectivity index is 2.23. The number of hydrogen-bond acceptors (Lipinski definition) is 4. The molecule has 1 aliphatic heterocycles. The maximum Gasteiger partial charge on any atom is 0.0895 e. The summed E-state index contributed by atoms with van der Waals surface area (Å²) in [6.07, 6.45) is 1.89. The van der Waals surface area contributed by atoms with Crippen LogP contribution < -0.4 is 5.32 Å². The molecule has 0 amide bonds. The van der Waals surface area contributed by atoms with Crippen LogP contribution in [0.25, 0.3) is 0 Å². The van der Waals surface area contributed by atoms with Gasteiger partial charge >= 0.3 is 0 Å². The van der Waals surface area contributed by atoms with Crippen LogP contribution in [0.2, 0.25) is 0 Å². The van der Waals surface area contributed by atoms with E-state index in [2.05, 4.69) is 24.2 Å². The van der Waals surface area contributed by atoms with Crippen molar-refractivity contribution in [2.24, 2.45) is 5.92 Å². The Kier molecular flexibility index (Phi) is 5.53. The summed E-state index contributed by atoms with van der Waals surface area (Å²) >= 11 is 0. The lowest BCUT2D eigenvalue weighted by Gasteiger charge is -2.34. The van der Waals surface area contributed by atoms with Gasteiger partial charge in [0.2, 0.25) is 0 Å². The molecule has 0 aromatic heterocycles. The van der Waals surface area contributed by atoms with Crippen molar-refractivity contribution in [2.75, 3.05) is 33.3 Å². The predicted octanol–water partition coefficient (Wildman–Crippen LogP) is -0.340. The van der Waals surface area contributed by atoms with E-state index in [9.17, 15) is 5.11 Å². The molecule has 1 saturated heterocycles. The zero-order valence-electron chi connectivity index (χ0n) is 9.82. The molecular formula is C11H24N2O2. The van der Waals surface area contributed by atoms with Crippen molar-refractivity contribution >= 4 is 0 Å². The topological polar surface area (TPSA) is 55.7 Å². The Morgan fingerprint density at radius 1 is 1.53 bits per heavy atom. The number of aliphatic hydroxyl groups excluding tert-OH is 2. The SMILES string of the molecule is CC(NCC(O)CO)C1CCCN(C)C1. The van der Waals surface area contributed by atoms with Crippen molar-refractivity contribution in [3.05, 3.63) is 0 Å². The van der Waals surface area contributed by atoms with Gasteiger partial charge in [-0.15, -0.1) is 0 Å². The molecule has 1 fully saturated rings. The van der Waals surface area contributed by atoms with Gasteiger partial charge in [0.05, 0.1) is 12.7 Å². The van der Waals surface area contributed by atoms with E-state index in [1.807, 2.05) is 0 Å². The molecule has 0 saturated carbocycles. The molecule has 0 aromatic rings. The Bertz CT molecular complexity index is 178. The average Bonchev–Trinajstić information content (AvgIpc) is 2.25. The lowest BCUT2D eigenvalue weighted by molar-refractivity contribution is 0.0867. The average molecular weight is 216 g/mol. The van der Waals surface area contributed by atoms with Crippen LogP contribution in [0.1, 0.15) is 19.8 Å². The molecule has 15 heavy (non-hydrogen) atoms. The molecule has 0 aromatic carbocycles. The van der Waals surface area contributed by atoms with E-state index in [0.29, 0.717) is 18.5 Å². The first-order valence-corrected chi connectivity index (χ1v) is 5.84. The van der Waals surface area contributed by atoms with Gasteiger partial charge in [-0.05, 0) is 39.3 Å². The van der Waals surface area contributed by atoms with E-state index < -0.39 is 6.10 Å². The first kappa shape index (κ1) is 12.9. The van der Waals surface area contributed by atoms with E-state index in [-0.39, 0.29) is 6.61 Å². The second kappa shape index (κ2) is 6.43.